The van der Waals surface area contributed by atoms with Crippen LogP contribution in [0.2, 0.25) is 0 Å². The van der Waals surface area contributed by atoms with Crippen LogP contribution in [-0.2, 0) is 17.8 Å². The second kappa shape index (κ2) is 5.79. The van der Waals surface area contributed by atoms with Gasteiger partial charge in [-0.05, 0) is 50.3 Å². The summed E-state index contributed by atoms with van der Waals surface area (Å²) in [5.74, 6) is 0.561. The van der Waals surface area contributed by atoms with Crippen LogP contribution in [0.25, 0.3) is 0 Å². The number of piperidine rings is 1. The second-order valence-electron chi connectivity index (χ2n) is 6.70. The third kappa shape index (κ3) is 2.98. The maximum atomic E-state index is 12.6. The van der Waals surface area contributed by atoms with Gasteiger partial charge >= 0.3 is 0 Å². The third-order valence-electron chi connectivity index (χ3n) is 5.06. The molecule has 0 radical (unpaired) electrons. The molecule has 2 fully saturated rings. The van der Waals surface area contributed by atoms with Gasteiger partial charge in [0.2, 0.25) is 5.91 Å². The lowest BCUT2D eigenvalue weighted by Crippen LogP contribution is -2.34. The first kappa shape index (κ1) is 14.6. The van der Waals surface area contributed by atoms with Gasteiger partial charge in [0.15, 0.2) is 0 Å². The molecule has 1 spiro atoms. The molecule has 2 heterocycles. The molecule has 1 aromatic rings. The van der Waals surface area contributed by atoms with Gasteiger partial charge in [0.05, 0.1) is 17.9 Å². The van der Waals surface area contributed by atoms with Crippen LogP contribution in [0.4, 0.5) is 0 Å². The molecule has 116 valence electrons. The maximum Gasteiger partial charge on any atom is 0.226 e. The lowest BCUT2D eigenvalue weighted by atomic mass is 9.91. The highest BCUT2D eigenvalue weighted by atomic mass is 16.2. The first-order valence-corrected chi connectivity index (χ1v) is 8.13. The fraction of sp³-hybridized carbons (Fsp3) is 0.750. The summed E-state index contributed by atoms with van der Waals surface area (Å²) in [4.78, 5) is 14.5. The van der Waals surface area contributed by atoms with Crippen LogP contribution in [0, 0.1) is 11.3 Å². The molecular weight excluding hydrogens is 264 g/mol. The summed E-state index contributed by atoms with van der Waals surface area (Å²) < 4.78 is 0. The van der Waals surface area contributed by atoms with Crippen molar-refractivity contribution < 1.29 is 4.79 Å². The van der Waals surface area contributed by atoms with E-state index in [0.29, 0.717) is 17.9 Å². The Balaban J connectivity index is 1.55. The van der Waals surface area contributed by atoms with Crippen LogP contribution in [0.3, 0.4) is 0 Å². The van der Waals surface area contributed by atoms with E-state index in [-0.39, 0.29) is 5.92 Å². The van der Waals surface area contributed by atoms with Crippen molar-refractivity contribution in [1.29, 1.82) is 0 Å². The number of aromatic amines is 1. The van der Waals surface area contributed by atoms with Gasteiger partial charge in [0, 0.05) is 13.0 Å². The molecule has 1 saturated heterocycles. The molecule has 1 atom stereocenters. The highest BCUT2D eigenvalue weighted by molar-refractivity contribution is 5.82. The number of aryl methyl sites for hydroxylation is 1. The first-order valence-electron chi connectivity index (χ1n) is 8.13. The van der Waals surface area contributed by atoms with E-state index < -0.39 is 0 Å². The van der Waals surface area contributed by atoms with Gasteiger partial charge in [-0.2, -0.15) is 5.10 Å². The Morgan fingerprint density at radius 1 is 1.48 bits per heavy atom. The molecule has 0 unspecified atom stereocenters. The topological polar surface area (TPSA) is 61.0 Å². The summed E-state index contributed by atoms with van der Waals surface area (Å²) in [6.07, 6.45) is 5.48. The van der Waals surface area contributed by atoms with Gasteiger partial charge in [-0.3, -0.25) is 9.89 Å². The average Bonchev–Trinajstić information content (AvgIpc) is 2.97. The van der Waals surface area contributed by atoms with Crippen LogP contribution in [0.15, 0.2) is 6.07 Å². The molecule has 0 aromatic carbocycles. The molecule has 1 aliphatic carbocycles. The molecular formula is C16H26N4O. The summed E-state index contributed by atoms with van der Waals surface area (Å²) in [7, 11) is 1.91. The van der Waals surface area contributed by atoms with Crippen LogP contribution < -0.4 is 5.32 Å². The van der Waals surface area contributed by atoms with E-state index >= 15 is 0 Å². The molecule has 1 saturated carbocycles. The molecule has 0 bridgehead atoms. The molecule has 5 heteroatoms. The van der Waals surface area contributed by atoms with Crippen molar-refractivity contribution in [3.63, 3.8) is 0 Å². The third-order valence-corrected chi connectivity index (χ3v) is 5.06. The first-order chi connectivity index (χ1) is 10.1. The summed E-state index contributed by atoms with van der Waals surface area (Å²) in [5, 5.41) is 10.7. The standard InChI is InChI=1S/C16H26N4O/c1-3-4-12-9-13(19-18-12)11-20(2)15(21)14-10-16(14)5-7-17-8-6-16/h9,14,17H,3-8,10-11H2,1-2H3,(H,18,19)/t14-/m1/s1. The molecule has 1 aromatic heterocycles. The summed E-state index contributed by atoms with van der Waals surface area (Å²) in [5.41, 5.74) is 2.45. The van der Waals surface area contributed by atoms with Crippen molar-refractivity contribution in [3.05, 3.63) is 17.5 Å². The zero-order valence-electron chi connectivity index (χ0n) is 13.1. The summed E-state index contributed by atoms with van der Waals surface area (Å²) in [6, 6.07) is 2.08. The van der Waals surface area contributed by atoms with Crippen molar-refractivity contribution in [2.75, 3.05) is 20.1 Å². The Hall–Kier alpha value is -1.36. The fourth-order valence-electron chi connectivity index (χ4n) is 3.65. The molecule has 1 amide bonds. The lowest BCUT2D eigenvalue weighted by Gasteiger charge is -2.25. The largest absolute Gasteiger partial charge is 0.340 e. The zero-order chi connectivity index (χ0) is 14.9. The van der Waals surface area contributed by atoms with Gasteiger partial charge in [-0.1, -0.05) is 13.3 Å². The molecule has 2 N–H and O–H groups in total. The number of hydrogen-bond donors (Lipinski definition) is 2. The number of nitrogens with one attached hydrogen (secondary N) is 2. The molecule has 21 heavy (non-hydrogen) atoms. The number of hydrogen-bond acceptors (Lipinski definition) is 3. The predicted molar refractivity (Wildman–Crippen MR) is 81.7 cm³/mol. The number of aromatic nitrogens is 2. The summed E-state index contributed by atoms with van der Waals surface area (Å²) in [6.45, 7) is 4.92. The smallest absolute Gasteiger partial charge is 0.226 e. The Bertz CT molecular complexity index is 504. The van der Waals surface area contributed by atoms with E-state index in [1.807, 2.05) is 11.9 Å². The minimum atomic E-state index is 0.252. The van der Waals surface area contributed by atoms with Crippen LogP contribution >= 0.6 is 0 Å². The van der Waals surface area contributed by atoms with Gasteiger partial charge in [-0.15, -0.1) is 0 Å². The Morgan fingerprint density at radius 3 is 2.95 bits per heavy atom. The van der Waals surface area contributed by atoms with Crippen LogP contribution in [0.1, 0.15) is 44.0 Å². The molecule has 5 nitrogen and oxygen atoms in total. The van der Waals surface area contributed by atoms with E-state index in [9.17, 15) is 4.79 Å². The quantitative estimate of drug-likeness (QED) is 0.868. The van der Waals surface area contributed by atoms with E-state index in [1.165, 1.54) is 0 Å². The number of rotatable bonds is 5. The van der Waals surface area contributed by atoms with Crippen molar-refractivity contribution in [2.45, 2.75) is 45.6 Å². The van der Waals surface area contributed by atoms with Gasteiger partial charge in [-0.25, -0.2) is 0 Å². The second-order valence-corrected chi connectivity index (χ2v) is 6.70. The molecule has 1 aliphatic heterocycles. The monoisotopic (exact) mass is 290 g/mol. The number of carbonyl (C=O) groups is 1. The highest BCUT2D eigenvalue weighted by Gasteiger charge is 2.58. The van der Waals surface area contributed by atoms with Gasteiger partial charge in [0.1, 0.15) is 0 Å². The number of H-pyrrole nitrogens is 1. The number of carbonyl (C=O) groups excluding carboxylic acids is 1. The Kier molecular flexibility index (Phi) is 4.02. The van der Waals surface area contributed by atoms with Crippen molar-refractivity contribution in [2.24, 2.45) is 11.3 Å². The predicted octanol–water partition coefficient (Wildman–Crippen LogP) is 1.71. The Morgan fingerprint density at radius 2 is 2.24 bits per heavy atom. The molecule has 2 aliphatic rings. The molecule has 3 rings (SSSR count). The normalized spacial score (nSPS) is 23.2. The fourth-order valence-corrected chi connectivity index (χ4v) is 3.65. The van der Waals surface area contributed by atoms with E-state index in [1.54, 1.807) is 0 Å². The van der Waals surface area contributed by atoms with E-state index in [4.69, 9.17) is 0 Å². The van der Waals surface area contributed by atoms with E-state index in [0.717, 1.165) is 56.6 Å². The van der Waals surface area contributed by atoms with Crippen molar-refractivity contribution >= 4 is 5.91 Å². The van der Waals surface area contributed by atoms with Gasteiger partial charge < -0.3 is 10.2 Å². The SMILES string of the molecule is CCCc1cc(CN(C)C(=O)[C@H]2CC23CCNCC3)[nH]n1. The van der Waals surface area contributed by atoms with Crippen LogP contribution in [-0.4, -0.2) is 41.1 Å². The lowest BCUT2D eigenvalue weighted by molar-refractivity contribution is -0.132. The minimum Gasteiger partial charge on any atom is -0.340 e. The van der Waals surface area contributed by atoms with Crippen molar-refractivity contribution in [1.82, 2.24) is 20.4 Å². The Labute approximate surface area is 126 Å². The minimum absolute atomic E-state index is 0.252. The van der Waals surface area contributed by atoms with Crippen LogP contribution in [0.5, 0.6) is 0 Å². The zero-order valence-corrected chi connectivity index (χ0v) is 13.1. The summed E-state index contributed by atoms with van der Waals surface area (Å²) >= 11 is 0. The highest BCUT2D eigenvalue weighted by Crippen LogP contribution is 2.59. The van der Waals surface area contributed by atoms with Gasteiger partial charge in [0.25, 0.3) is 0 Å². The van der Waals surface area contributed by atoms with Crippen molar-refractivity contribution in [3.8, 4) is 0 Å². The average molecular weight is 290 g/mol. The maximum absolute atomic E-state index is 12.6. The number of amides is 1. The number of nitrogens with zero attached hydrogens (tertiary/aromatic N) is 2. The van der Waals surface area contributed by atoms with E-state index in [2.05, 4.69) is 28.5 Å².